The molecule has 0 saturated carbocycles. The van der Waals surface area contributed by atoms with Crippen molar-refractivity contribution in [1.29, 1.82) is 0 Å². The van der Waals surface area contributed by atoms with Crippen LogP contribution in [-0.4, -0.2) is 25.0 Å². The van der Waals surface area contributed by atoms with Gasteiger partial charge in [-0.3, -0.25) is 4.79 Å². The summed E-state index contributed by atoms with van der Waals surface area (Å²) >= 11 is 0. The number of nitrogens with one attached hydrogen (secondary N) is 2. The van der Waals surface area contributed by atoms with Crippen molar-refractivity contribution in [2.75, 3.05) is 13.1 Å². The average Bonchev–Trinajstić information content (AvgIpc) is 2.40. The van der Waals surface area contributed by atoms with Gasteiger partial charge in [-0.1, -0.05) is 12.1 Å². The lowest BCUT2D eigenvalue weighted by Crippen LogP contribution is -2.50. The zero-order valence-electron chi connectivity index (χ0n) is 11.9. The van der Waals surface area contributed by atoms with Crippen molar-refractivity contribution in [2.24, 2.45) is 0 Å². The van der Waals surface area contributed by atoms with Gasteiger partial charge >= 0.3 is 0 Å². The van der Waals surface area contributed by atoms with Crippen molar-refractivity contribution in [3.05, 3.63) is 35.6 Å². The summed E-state index contributed by atoms with van der Waals surface area (Å²) in [4.78, 5) is 12.4. The van der Waals surface area contributed by atoms with Crippen LogP contribution in [0.25, 0.3) is 0 Å². The molecular formula is C15H22ClFN2O. The molecule has 0 radical (unpaired) electrons. The third-order valence-electron chi connectivity index (χ3n) is 3.77. The van der Waals surface area contributed by atoms with Gasteiger partial charge in [0.25, 0.3) is 0 Å². The maximum atomic E-state index is 12.9. The molecule has 5 heteroatoms. The van der Waals surface area contributed by atoms with E-state index in [1.54, 1.807) is 12.1 Å². The number of rotatable bonds is 3. The fourth-order valence-corrected chi connectivity index (χ4v) is 2.34. The second-order valence-corrected chi connectivity index (χ2v) is 5.65. The van der Waals surface area contributed by atoms with E-state index < -0.39 is 5.41 Å². The number of halogens is 2. The van der Waals surface area contributed by atoms with Crippen LogP contribution >= 0.6 is 12.4 Å². The van der Waals surface area contributed by atoms with E-state index in [9.17, 15) is 9.18 Å². The molecule has 1 heterocycles. The lowest BCUT2D eigenvalue weighted by Gasteiger charge is -2.30. The van der Waals surface area contributed by atoms with Gasteiger partial charge in [-0.25, -0.2) is 4.39 Å². The summed E-state index contributed by atoms with van der Waals surface area (Å²) in [5.41, 5.74) is 0.181. The summed E-state index contributed by atoms with van der Waals surface area (Å²) in [5, 5.41) is 6.35. The average molecular weight is 301 g/mol. The van der Waals surface area contributed by atoms with Crippen LogP contribution in [0.5, 0.6) is 0 Å². The van der Waals surface area contributed by atoms with Crippen LogP contribution in [0.2, 0.25) is 0 Å². The van der Waals surface area contributed by atoms with E-state index in [2.05, 4.69) is 10.6 Å². The first kappa shape index (κ1) is 16.9. The molecule has 1 aliphatic rings. The molecule has 1 fully saturated rings. The van der Waals surface area contributed by atoms with Crippen molar-refractivity contribution in [1.82, 2.24) is 10.6 Å². The van der Waals surface area contributed by atoms with Gasteiger partial charge in [0.2, 0.25) is 5.91 Å². The first-order chi connectivity index (χ1) is 9.00. The second kappa shape index (κ2) is 7.04. The summed E-state index contributed by atoms with van der Waals surface area (Å²) in [6.07, 6.45) is 2.10. The zero-order chi connectivity index (χ0) is 13.9. The quantitative estimate of drug-likeness (QED) is 0.900. The van der Waals surface area contributed by atoms with Gasteiger partial charge in [0.1, 0.15) is 5.82 Å². The predicted molar refractivity (Wildman–Crippen MR) is 80.7 cm³/mol. The molecule has 0 aromatic heterocycles. The predicted octanol–water partition coefficient (Wildman–Crippen LogP) is 2.39. The monoisotopic (exact) mass is 300 g/mol. The Morgan fingerprint density at radius 1 is 1.35 bits per heavy atom. The highest BCUT2D eigenvalue weighted by atomic mass is 35.5. The molecule has 2 rings (SSSR count). The van der Waals surface area contributed by atoms with E-state index in [1.165, 1.54) is 12.1 Å². The number of hydrogen-bond donors (Lipinski definition) is 2. The van der Waals surface area contributed by atoms with Gasteiger partial charge in [-0.15, -0.1) is 12.4 Å². The van der Waals surface area contributed by atoms with E-state index in [4.69, 9.17) is 0 Å². The summed E-state index contributed by atoms with van der Waals surface area (Å²) in [6.45, 7) is 5.58. The Morgan fingerprint density at radius 3 is 2.55 bits per heavy atom. The zero-order valence-corrected chi connectivity index (χ0v) is 12.7. The largest absolute Gasteiger partial charge is 0.351 e. The highest BCUT2D eigenvalue weighted by molar-refractivity contribution is 5.87. The molecule has 1 aliphatic heterocycles. The molecule has 1 aromatic carbocycles. The summed E-state index contributed by atoms with van der Waals surface area (Å²) in [6, 6.07) is 6.34. The van der Waals surface area contributed by atoms with E-state index >= 15 is 0 Å². The number of carbonyl (C=O) groups excluding carboxylic acids is 1. The standard InChI is InChI=1S/C15H21FN2O.ClH/c1-15(2,11-5-7-12(16)8-6-11)14(19)18-13-4-3-9-17-10-13;/h5-8,13,17H,3-4,9-10H2,1-2H3,(H,18,19);1H. The Morgan fingerprint density at radius 2 is 2.00 bits per heavy atom. The van der Waals surface area contributed by atoms with Gasteiger partial charge in [0.15, 0.2) is 0 Å². The van der Waals surface area contributed by atoms with Crippen molar-refractivity contribution in [2.45, 2.75) is 38.1 Å². The molecule has 3 nitrogen and oxygen atoms in total. The fraction of sp³-hybridized carbons (Fsp3) is 0.533. The molecule has 0 aliphatic carbocycles. The number of benzene rings is 1. The fourth-order valence-electron chi connectivity index (χ4n) is 2.34. The van der Waals surface area contributed by atoms with Gasteiger partial charge in [0.05, 0.1) is 5.41 Å². The summed E-state index contributed by atoms with van der Waals surface area (Å²) in [7, 11) is 0. The Hall–Kier alpha value is -1.13. The molecule has 1 amide bonds. The molecule has 0 spiro atoms. The lowest BCUT2D eigenvalue weighted by atomic mass is 9.83. The lowest BCUT2D eigenvalue weighted by molar-refractivity contribution is -0.126. The SMILES string of the molecule is CC(C)(C(=O)NC1CCCNC1)c1ccc(F)cc1.Cl. The minimum atomic E-state index is -0.648. The molecule has 20 heavy (non-hydrogen) atoms. The number of carbonyl (C=O) groups is 1. The molecule has 1 atom stereocenters. The molecule has 1 aromatic rings. The van der Waals surface area contributed by atoms with Crippen molar-refractivity contribution in [3.63, 3.8) is 0 Å². The van der Waals surface area contributed by atoms with Crippen LogP contribution in [0.3, 0.4) is 0 Å². The molecule has 2 N–H and O–H groups in total. The highest BCUT2D eigenvalue weighted by Crippen LogP contribution is 2.24. The third-order valence-corrected chi connectivity index (χ3v) is 3.77. The van der Waals surface area contributed by atoms with Crippen molar-refractivity contribution >= 4 is 18.3 Å². The van der Waals surface area contributed by atoms with Crippen LogP contribution in [0, 0.1) is 5.82 Å². The van der Waals surface area contributed by atoms with Gasteiger partial charge in [-0.05, 0) is 50.9 Å². The maximum Gasteiger partial charge on any atom is 0.230 e. The van der Waals surface area contributed by atoms with E-state index in [1.807, 2.05) is 13.8 Å². The van der Waals surface area contributed by atoms with Crippen LogP contribution < -0.4 is 10.6 Å². The molecule has 1 saturated heterocycles. The smallest absolute Gasteiger partial charge is 0.230 e. The Kier molecular flexibility index (Phi) is 5.96. The minimum absolute atomic E-state index is 0. The second-order valence-electron chi connectivity index (χ2n) is 5.65. The minimum Gasteiger partial charge on any atom is -0.351 e. The normalized spacial score (nSPS) is 19.1. The number of hydrogen-bond acceptors (Lipinski definition) is 2. The van der Waals surface area contributed by atoms with Gasteiger partial charge in [-0.2, -0.15) is 0 Å². The van der Waals surface area contributed by atoms with Crippen LogP contribution in [0.1, 0.15) is 32.3 Å². The van der Waals surface area contributed by atoms with Gasteiger partial charge < -0.3 is 10.6 Å². The Balaban J connectivity index is 0.00000200. The first-order valence-corrected chi connectivity index (χ1v) is 6.78. The first-order valence-electron chi connectivity index (χ1n) is 6.78. The number of piperidine rings is 1. The maximum absolute atomic E-state index is 12.9. The van der Waals surface area contributed by atoms with Crippen molar-refractivity contribution in [3.8, 4) is 0 Å². The topological polar surface area (TPSA) is 41.1 Å². The summed E-state index contributed by atoms with van der Waals surface area (Å²) < 4.78 is 12.9. The molecule has 112 valence electrons. The molecule has 1 unspecified atom stereocenters. The van der Waals surface area contributed by atoms with E-state index in [0.717, 1.165) is 31.5 Å². The van der Waals surface area contributed by atoms with Crippen LogP contribution in [0.15, 0.2) is 24.3 Å². The number of amides is 1. The van der Waals surface area contributed by atoms with Crippen LogP contribution in [-0.2, 0) is 10.2 Å². The Labute approximate surface area is 125 Å². The molecule has 0 bridgehead atoms. The van der Waals surface area contributed by atoms with Crippen molar-refractivity contribution < 1.29 is 9.18 Å². The highest BCUT2D eigenvalue weighted by Gasteiger charge is 2.31. The molecular weight excluding hydrogens is 279 g/mol. The third kappa shape index (κ3) is 3.93. The van der Waals surface area contributed by atoms with E-state index in [-0.39, 0.29) is 30.2 Å². The van der Waals surface area contributed by atoms with Crippen LogP contribution in [0.4, 0.5) is 4.39 Å². The Bertz CT molecular complexity index is 442. The van der Waals surface area contributed by atoms with Gasteiger partial charge in [0, 0.05) is 12.6 Å². The van der Waals surface area contributed by atoms with E-state index in [0.29, 0.717) is 0 Å². The summed E-state index contributed by atoms with van der Waals surface area (Å²) in [5.74, 6) is -0.288.